The number of carbonyl (C=O) groups is 5. The second kappa shape index (κ2) is 14.9. The number of hydrogen-bond donors (Lipinski definition) is 0. The summed E-state index contributed by atoms with van der Waals surface area (Å²) in [5, 5.41) is 0. The maximum absolute atomic E-state index is 14.0. The Labute approximate surface area is 308 Å². The van der Waals surface area contributed by atoms with E-state index in [1.165, 1.54) is 9.80 Å². The van der Waals surface area contributed by atoms with Gasteiger partial charge in [0.15, 0.2) is 0 Å². The second-order valence-electron chi connectivity index (χ2n) is 17.6. The van der Waals surface area contributed by atoms with Crippen LogP contribution in [-0.4, -0.2) is 95.6 Å². The van der Waals surface area contributed by atoms with Gasteiger partial charge in [0.2, 0.25) is 0 Å². The average molecular weight is 727 g/mol. The van der Waals surface area contributed by atoms with E-state index in [1.54, 1.807) is 47.6 Å². The SMILES string of the molecule is C=C1CC[C@@H]2[C@](C)(COC(=O)C3CCCN3C(=O)OC(C)(C)C)[C@H](OC(=O)C3CCCN3C(=O)OC(C)(C)C)CC[C@@]2(C)[C@@H]1/C=C/C1=CCOC1=O. The van der Waals surface area contributed by atoms with Crippen LogP contribution < -0.4 is 0 Å². The summed E-state index contributed by atoms with van der Waals surface area (Å²) in [6, 6.07) is -1.56. The lowest BCUT2D eigenvalue weighted by molar-refractivity contribution is -0.195. The Bertz CT molecular complexity index is 1500. The van der Waals surface area contributed by atoms with Crippen LogP contribution in [0.1, 0.15) is 107 Å². The molecule has 3 heterocycles. The molecule has 2 unspecified atom stereocenters. The summed E-state index contributed by atoms with van der Waals surface area (Å²) >= 11 is 0. The number of rotatable bonds is 7. The maximum atomic E-state index is 14.0. The van der Waals surface area contributed by atoms with E-state index in [1.807, 2.05) is 19.1 Å². The van der Waals surface area contributed by atoms with E-state index in [2.05, 4.69) is 13.5 Å². The summed E-state index contributed by atoms with van der Waals surface area (Å²) in [5.74, 6) is -1.55. The van der Waals surface area contributed by atoms with Crippen LogP contribution in [0.25, 0.3) is 0 Å². The number of amides is 2. The molecule has 52 heavy (non-hydrogen) atoms. The lowest BCUT2D eigenvalue weighted by Gasteiger charge is -2.60. The first kappa shape index (κ1) is 39.4. The highest BCUT2D eigenvalue weighted by Crippen LogP contribution is 2.62. The van der Waals surface area contributed by atoms with Crippen LogP contribution in [0.5, 0.6) is 0 Å². The minimum Gasteiger partial charge on any atom is -0.463 e. The molecule has 5 rings (SSSR count). The molecular weight excluding hydrogens is 668 g/mol. The largest absolute Gasteiger partial charge is 0.463 e. The molecule has 0 N–H and O–H groups in total. The quantitative estimate of drug-likeness (QED) is 0.159. The minimum atomic E-state index is -0.832. The van der Waals surface area contributed by atoms with Crippen LogP contribution >= 0.6 is 0 Å². The standard InChI is InChI=1S/C40H58N2O10/c1-25-14-17-30-39(8,27(25)16-15-26-19-23-48-32(26)43)20-18-31(50-34(45)29-13-11-22-42(29)36(47)52-38(5,6)7)40(30,9)24-49-33(44)28-12-10-21-41(28)35(46)51-37(2,3)4/h15-16,19,27-31H,1,10-14,17-18,20-24H2,2-9H3/b16-15+/t27-,28?,29?,30+,31-,39+,40+/m1/s1. The third-order valence-corrected chi connectivity index (χ3v) is 11.5. The van der Waals surface area contributed by atoms with Gasteiger partial charge >= 0.3 is 30.1 Å². The fraction of sp³-hybridized carbons (Fsp3) is 0.725. The Kier molecular flexibility index (Phi) is 11.3. The molecule has 2 saturated carbocycles. The molecule has 7 atom stereocenters. The Morgan fingerprint density at radius 3 is 2.02 bits per heavy atom. The molecule has 2 saturated heterocycles. The number of allylic oxidation sites excluding steroid dienone is 2. The van der Waals surface area contributed by atoms with Crippen molar-refractivity contribution in [2.75, 3.05) is 26.3 Å². The second-order valence-corrected chi connectivity index (χ2v) is 17.6. The van der Waals surface area contributed by atoms with Gasteiger partial charge in [-0.1, -0.05) is 38.2 Å². The zero-order valence-electron chi connectivity index (χ0n) is 32.3. The molecule has 2 amide bonds. The molecule has 0 aromatic heterocycles. The molecule has 2 aliphatic carbocycles. The van der Waals surface area contributed by atoms with Gasteiger partial charge in [-0.3, -0.25) is 9.80 Å². The number of esters is 3. The van der Waals surface area contributed by atoms with E-state index in [-0.39, 0.29) is 36.4 Å². The summed E-state index contributed by atoms with van der Waals surface area (Å²) in [7, 11) is 0. The van der Waals surface area contributed by atoms with Gasteiger partial charge in [-0.2, -0.15) is 0 Å². The first-order chi connectivity index (χ1) is 24.2. The van der Waals surface area contributed by atoms with Crippen molar-refractivity contribution in [2.45, 2.75) is 136 Å². The lowest BCUT2D eigenvalue weighted by atomic mass is 9.46. The van der Waals surface area contributed by atoms with E-state index >= 15 is 0 Å². The van der Waals surface area contributed by atoms with Crippen molar-refractivity contribution in [3.05, 3.63) is 36.0 Å². The van der Waals surface area contributed by atoms with Gasteiger partial charge in [0.05, 0.1) is 5.57 Å². The van der Waals surface area contributed by atoms with Crippen molar-refractivity contribution >= 4 is 30.1 Å². The zero-order valence-corrected chi connectivity index (χ0v) is 32.3. The van der Waals surface area contributed by atoms with Crippen molar-refractivity contribution in [3.63, 3.8) is 0 Å². The number of ether oxygens (including phenoxy) is 5. The number of fused-ring (bicyclic) bond motifs is 1. The van der Waals surface area contributed by atoms with Gasteiger partial charge in [-0.25, -0.2) is 24.0 Å². The molecule has 0 bridgehead atoms. The molecule has 3 aliphatic heterocycles. The van der Waals surface area contributed by atoms with E-state index < -0.39 is 58.9 Å². The molecule has 12 heteroatoms. The topological polar surface area (TPSA) is 138 Å². The van der Waals surface area contributed by atoms with E-state index in [0.717, 1.165) is 12.0 Å². The Morgan fingerprint density at radius 1 is 0.904 bits per heavy atom. The van der Waals surface area contributed by atoms with Gasteiger partial charge in [0, 0.05) is 24.4 Å². The molecule has 5 aliphatic rings. The van der Waals surface area contributed by atoms with Crippen LogP contribution in [0.15, 0.2) is 36.0 Å². The van der Waals surface area contributed by atoms with Crippen molar-refractivity contribution in [3.8, 4) is 0 Å². The van der Waals surface area contributed by atoms with Crippen LogP contribution in [-0.2, 0) is 38.1 Å². The summed E-state index contributed by atoms with van der Waals surface area (Å²) < 4.78 is 28.9. The van der Waals surface area contributed by atoms with Crippen molar-refractivity contribution in [1.82, 2.24) is 9.80 Å². The first-order valence-corrected chi connectivity index (χ1v) is 18.8. The zero-order chi connectivity index (χ0) is 38.2. The molecular formula is C40H58N2O10. The number of hydrogen-bond acceptors (Lipinski definition) is 10. The van der Waals surface area contributed by atoms with Crippen LogP contribution in [0.3, 0.4) is 0 Å². The fourth-order valence-corrected chi connectivity index (χ4v) is 9.00. The van der Waals surface area contributed by atoms with Gasteiger partial charge in [-0.15, -0.1) is 0 Å². The van der Waals surface area contributed by atoms with Gasteiger partial charge < -0.3 is 23.7 Å². The molecule has 0 spiro atoms. The van der Waals surface area contributed by atoms with Crippen LogP contribution in [0.2, 0.25) is 0 Å². The third-order valence-electron chi connectivity index (χ3n) is 11.5. The monoisotopic (exact) mass is 726 g/mol. The van der Waals surface area contributed by atoms with Gasteiger partial charge in [-0.05, 0) is 110 Å². The minimum absolute atomic E-state index is 0.0382. The Balaban J connectivity index is 1.41. The molecule has 288 valence electrons. The summed E-state index contributed by atoms with van der Waals surface area (Å²) in [6.07, 6.45) is 8.72. The molecule has 0 aromatic rings. The van der Waals surface area contributed by atoms with Crippen molar-refractivity contribution in [1.29, 1.82) is 0 Å². The van der Waals surface area contributed by atoms with Gasteiger partial charge in [0.1, 0.15) is 42.6 Å². The predicted molar refractivity (Wildman–Crippen MR) is 192 cm³/mol. The highest BCUT2D eigenvalue weighted by molar-refractivity contribution is 5.93. The van der Waals surface area contributed by atoms with Gasteiger partial charge in [0.25, 0.3) is 0 Å². The van der Waals surface area contributed by atoms with Crippen molar-refractivity contribution in [2.24, 2.45) is 22.7 Å². The molecule has 12 nitrogen and oxygen atoms in total. The maximum Gasteiger partial charge on any atom is 0.411 e. The summed E-state index contributed by atoms with van der Waals surface area (Å²) in [4.78, 5) is 69.0. The first-order valence-electron chi connectivity index (χ1n) is 18.8. The third kappa shape index (κ3) is 8.36. The molecule has 0 aromatic carbocycles. The fourth-order valence-electron chi connectivity index (χ4n) is 9.00. The number of likely N-dealkylation sites (tertiary alicyclic amines) is 2. The van der Waals surface area contributed by atoms with Crippen LogP contribution in [0.4, 0.5) is 9.59 Å². The lowest BCUT2D eigenvalue weighted by Crippen LogP contribution is -2.59. The predicted octanol–water partition coefficient (Wildman–Crippen LogP) is 6.67. The summed E-state index contributed by atoms with van der Waals surface area (Å²) in [6.45, 7) is 20.4. The van der Waals surface area contributed by atoms with E-state index in [9.17, 15) is 24.0 Å². The Morgan fingerprint density at radius 2 is 1.48 bits per heavy atom. The summed E-state index contributed by atoms with van der Waals surface area (Å²) in [5.41, 5.74) is -1.07. The number of cyclic esters (lactones) is 1. The van der Waals surface area contributed by atoms with E-state index in [4.69, 9.17) is 23.7 Å². The smallest absolute Gasteiger partial charge is 0.411 e. The van der Waals surface area contributed by atoms with E-state index in [0.29, 0.717) is 63.6 Å². The number of carbonyl (C=O) groups excluding carboxylic acids is 5. The van der Waals surface area contributed by atoms with Crippen molar-refractivity contribution < 1.29 is 47.7 Å². The highest BCUT2D eigenvalue weighted by atomic mass is 16.6. The van der Waals surface area contributed by atoms with Crippen LogP contribution in [0, 0.1) is 22.7 Å². The molecule has 4 fully saturated rings. The molecule has 0 radical (unpaired) electrons. The average Bonchev–Trinajstić information content (AvgIpc) is 3.81. The Hall–Kier alpha value is -3.83. The number of nitrogens with zero attached hydrogens (tertiary/aromatic N) is 2. The highest BCUT2D eigenvalue weighted by Gasteiger charge is 2.60. The normalized spacial score (nSPS) is 32.3.